The second-order valence-corrected chi connectivity index (χ2v) is 19.8. The van der Waals surface area contributed by atoms with Crippen molar-refractivity contribution >= 4 is 0 Å². The van der Waals surface area contributed by atoms with Gasteiger partial charge in [-0.25, -0.2) is 0 Å². The number of ether oxygens (including phenoxy) is 4. The fraction of sp³-hybridized carbons (Fsp3) is 1.00. The molecule has 4 aliphatic heterocycles. The zero-order valence-electron chi connectivity index (χ0n) is 32.7. The molecule has 8 nitrogen and oxygen atoms in total. The van der Waals surface area contributed by atoms with E-state index in [1.165, 1.54) is 70.9 Å². The molecule has 4 saturated heterocycles. The summed E-state index contributed by atoms with van der Waals surface area (Å²) in [5, 5.41) is 21.4. The highest BCUT2D eigenvalue weighted by molar-refractivity contribution is 5.29. The van der Waals surface area contributed by atoms with Crippen LogP contribution in [0.5, 0.6) is 0 Å². The Kier molecular flexibility index (Phi) is 9.65. The Morgan fingerprint density at radius 2 is 1.54 bits per heavy atom. The van der Waals surface area contributed by atoms with E-state index in [0.717, 1.165) is 69.9 Å². The van der Waals surface area contributed by atoms with E-state index in [1.54, 1.807) is 13.8 Å². The zero-order chi connectivity index (χ0) is 35.3. The quantitative estimate of drug-likeness (QED) is 0.336. The molecule has 4 heterocycles. The third-order valence-electron chi connectivity index (χ3n) is 17.2. The molecule has 8 heteroatoms. The van der Waals surface area contributed by atoms with E-state index in [0.29, 0.717) is 34.2 Å². The molecule has 2 N–H and O–H groups in total. The number of rotatable bonds is 6. The van der Waals surface area contributed by atoms with Gasteiger partial charge < -0.3 is 29.2 Å². The molecular formula is C42H72N2O6. The summed E-state index contributed by atoms with van der Waals surface area (Å²) in [6.07, 6.45) is 14.4. The van der Waals surface area contributed by atoms with Crippen LogP contribution in [-0.4, -0.2) is 114 Å². The number of morpholine rings is 1. The highest BCUT2D eigenvalue weighted by Gasteiger charge is 2.80. The first-order valence-corrected chi connectivity index (χ1v) is 21.2. The summed E-state index contributed by atoms with van der Waals surface area (Å²) in [7, 11) is 0. The van der Waals surface area contributed by atoms with Crippen molar-refractivity contribution in [2.45, 2.75) is 174 Å². The van der Waals surface area contributed by atoms with Crippen molar-refractivity contribution in [2.24, 2.45) is 45.3 Å². The predicted molar refractivity (Wildman–Crippen MR) is 195 cm³/mol. The molecule has 0 radical (unpaired) electrons. The van der Waals surface area contributed by atoms with Gasteiger partial charge in [-0.05, 0) is 136 Å². The van der Waals surface area contributed by atoms with Crippen LogP contribution in [0, 0.1) is 45.3 Å². The molecule has 5 aliphatic carbocycles. The van der Waals surface area contributed by atoms with Crippen LogP contribution in [0.4, 0.5) is 0 Å². The Hall–Kier alpha value is -0.320. The van der Waals surface area contributed by atoms with E-state index in [9.17, 15) is 10.2 Å². The standard InChI is InChI=1S/C40H66N2O6.C2H6/c1-36(2)32-9-7-27-29-20-31-28(6-8-30(47-31)35(43)37(3,4)44)38(29,5)14-15-39(27)24-40(32,39)13-10-33(36)48-34-21-42(18-19-46-34)25-11-16-41(17-12-25)26-22-45-23-26;1-2/h25-35,43-44H,6-24H2,1-5H3;1-2H3. The maximum Gasteiger partial charge on any atom is 0.170 e. The van der Waals surface area contributed by atoms with Gasteiger partial charge in [0.2, 0.25) is 0 Å². The van der Waals surface area contributed by atoms with Crippen molar-refractivity contribution in [2.75, 3.05) is 46.0 Å². The topological polar surface area (TPSA) is 83.9 Å². The number of fused-ring (bicyclic) bond motifs is 4. The summed E-state index contributed by atoms with van der Waals surface area (Å²) in [6, 6.07) is 1.31. The molecule has 9 aliphatic rings. The molecule has 5 saturated carbocycles. The average molecular weight is 701 g/mol. The first-order chi connectivity index (χ1) is 23.9. The lowest BCUT2D eigenvalue weighted by atomic mass is 9.46. The summed E-state index contributed by atoms with van der Waals surface area (Å²) in [5.41, 5.74) is 0.386. The molecule has 286 valence electrons. The van der Waals surface area contributed by atoms with Gasteiger partial charge in [0.25, 0.3) is 0 Å². The van der Waals surface area contributed by atoms with E-state index in [2.05, 4.69) is 30.6 Å². The van der Waals surface area contributed by atoms with Crippen LogP contribution in [0.2, 0.25) is 0 Å². The third-order valence-corrected chi connectivity index (χ3v) is 17.2. The minimum Gasteiger partial charge on any atom is -0.388 e. The number of piperidine rings is 1. The normalized spacial score (nSPS) is 48.4. The Morgan fingerprint density at radius 3 is 2.24 bits per heavy atom. The van der Waals surface area contributed by atoms with Gasteiger partial charge in [0.1, 0.15) is 6.10 Å². The SMILES string of the molecule is CC.CC(C)(O)C(O)C1CCC2C(CC3C4CCC5C(C)(C)C(OC6CN(C7CCN(C8COC8)CC7)CCO6)CCC56CC46CCC23C)O1. The van der Waals surface area contributed by atoms with Crippen LogP contribution < -0.4 is 0 Å². The third kappa shape index (κ3) is 5.64. The molecular weight excluding hydrogens is 628 g/mol. The van der Waals surface area contributed by atoms with Gasteiger partial charge in [-0.3, -0.25) is 9.80 Å². The molecule has 12 unspecified atom stereocenters. The van der Waals surface area contributed by atoms with Crippen LogP contribution in [-0.2, 0) is 18.9 Å². The van der Waals surface area contributed by atoms with Crippen molar-refractivity contribution in [1.29, 1.82) is 0 Å². The lowest BCUT2D eigenvalue weighted by Gasteiger charge is -2.60. The van der Waals surface area contributed by atoms with Gasteiger partial charge in [-0.15, -0.1) is 0 Å². The molecule has 9 rings (SSSR count). The summed E-state index contributed by atoms with van der Waals surface area (Å²) < 4.78 is 25.6. The molecule has 12 atom stereocenters. The number of hydrogen-bond acceptors (Lipinski definition) is 8. The zero-order valence-corrected chi connectivity index (χ0v) is 32.7. The van der Waals surface area contributed by atoms with Crippen LogP contribution in [0.25, 0.3) is 0 Å². The number of hydrogen-bond donors (Lipinski definition) is 2. The average Bonchev–Trinajstić information content (AvgIpc) is 3.65. The summed E-state index contributed by atoms with van der Waals surface area (Å²) in [6.45, 7) is 22.1. The van der Waals surface area contributed by atoms with E-state index in [1.807, 2.05) is 13.8 Å². The number of aliphatic hydroxyl groups excluding tert-OH is 1. The number of aliphatic hydroxyl groups is 2. The lowest BCUT2D eigenvalue weighted by molar-refractivity contribution is -0.248. The van der Waals surface area contributed by atoms with E-state index >= 15 is 0 Å². The number of likely N-dealkylation sites (tertiary alicyclic amines) is 1. The highest BCUT2D eigenvalue weighted by atomic mass is 16.7. The van der Waals surface area contributed by atoms with E-state index < -0.39 is 11.7 Å². The van der Waals surface area contributed by atoms with Gasteiger partial charge in [-0.2, -0.15) is 0 Å². The second-order valence-electron chi connectivity index (χ2n) is 19.8. The molecule has 0 amide bonds. The van der Waals surface area contributed by atoms with Crippen LogP contribution >= 0.6 is 0 Å². The monoisotopic (exact) mass is 701 g/mol. The van der Waals surface area contributed by atoms with Crippen molar-refractivity contribution in [3.63, 3.8) is 0 Å². The minimum absolute atomic E-state index is 0.101. The Morgan fingerprint density at radius 1 is 0.800 bits per heavy atom. The van der Waals surface area contributed by atoms with Gasteiger partial charge in [0.15, 0.2) is 6.29 Å². The predicted octanol–water partition coefficient (Wildman–Crippen LogP) is 6.26. The molecule has 50 heavy (non-hydrogen) atoms. The maximum atomic E-state index is 10.9. The Balaban J connectivity index is 0.00000177. The van der Waals surface area contributed by atoms with Crippen molar-refractivity contribution in [3.8, 4) is 0 Å². The van der Waals surface area contributed by atoms with Crippen LogP contribution in [0.1, 0.15) is 126 Å². The largest absolute Gasteiger partial charge is 0.388 e. The van der Waals surface area contributed by atoms with Gasteiger partial charge in [0.05, 0.1) is 49.8 Å². The molecule has 0 bridgehead atoms. The summed E-state index contributed by atoms with van der Waals surface area (Å²) >= 11 is 0. The smallest absolute Gasteiger partial charge is 0.170 e. The second kappa shape index (κ2) is 13.2. The van der Waals surface area contributed by atoms with E-state index in [-0.39, 0.29) is 30.0 Å². The molecule has 0 aromatic rings. The van der Waals surface area contributed by atoms with Crippen molar-refractivity contribution in [3.05, 3.63) is 0 Å². The first-order valence-electron chi connectivity index (χ1n) is 21.2. The minimum atomic E-state index is -1.13. The highest BCUT2D eigenvalue weighted by Crippen LogP contribution is 2.87. The molecule has 9 fully saturated rings. The fourth-order valence-corrected chi connectivity index (χ4v) is 14.5. The molecule has 0 aromatic carbocycles. The van der Waals surface area contributed by atoms with Crippen molar-refractivity contribution in [1.82, 2.24) is 9.80 Å². The fourth-order valence-electron chi connectivity index (χ4n) is 14.5. The maximum absolute atomic E-state index is 10.9. The summed E-state index contributed by atoms with van der Waals surface area (Å²) in [5.74, 6) is 2.87. The Labute approximate surface area is 303 Å². The number of nitrogens with zero attached hydrogens (tertiary/aromatic N) is 2. The van der Waals surface area contributed by atoms with Crippen LogP contribution in [0.3, 0.4) is 0 Å². The molecule has 0 aromatic heterocycles. The summed E-state index contributed by atoms with van der Waals surface area (Å²) in [4.78, 5) is 5.34. The van der Waals surface area contributed by atoms with Gasteiger partial charge in [-0.1, -0.05) is 34.6 Å². The Bertz CT molecular complexity index is 1210. The van der Waals surface area contributed by atoms with Gasteiger partial charge >= 0.3 is 0 Å². The van der Waals surface area contributed by atoms with Crippen molar-refractivity contribution < 1.29 is 29.2 Å². The van der Waals surface area contributed by atoms with Gasteiger partial charge in [0, 0.05) is 32.2 Å². The first kappa shape index (κ1) is 36.6. The molecule has 2 spiro atoms. The lowest BCUT2D eigenvalue weighted by Crippen LogP contribution is -2.58. The van der Waals surface area contributed by atoms with Crippen LogP contribution in [0.15, 0.2) is 0 Å². The van der Waals surface area contributed by atoms with E-state index in [4.69, 9.17) is 18.9 Å².